The second kappa shape index (κ2) is 7.20. The topological polar surface area (TPSA) is 70.7 Å². The van der Waals surface area contributed by atoms with Gasteiger partial charge in [-0.1, -0.05) is 24.0 Å². The fraction of sp³-hybridized carbons (Fsp3) is 0.200. The van der Waals surface area contributed by atoms with Crippen molar-refractivity contribution in [2.45, 2.75) is 19.2 Å². The lowest BCUT2D eigenvalue weighted by atomic mass is 10.3. The summed E-state index contributed by atoms with van der Waals surface area (Å²) in [6.45, 7) is 2.62. The fourth-order valence-electron chi connectivity index (χ4n) is 2.02. The molecule has 0 aliphatic rings. The Labute approximate surface area is 146 Å². The van der Waals surface area contributed by atoms with Gasteiger partial charge in [-0.2, -0.15) is 0 Å². The number of aryl methyl sites for hydroxylation is 1. The third-order valence-electron chi connectivity index (χ3n) is 3.10. The van der Waals surface area contributed by atoms with E-state index < -0.39 is 0 Å². The standard InChI is InChI=1S/C15H14N4OS3/c1-9-6-11-13(20)18-12(19-14(11)23-9)8-22-15(21)17-7-10-2-4-16-5-3-10/h2-6H,7-8H2,1H3,(H,17,21)(H,18,19,20). The van der Waals surface area contributed by atoms with Crippen LogP contribution in [0.5, 0.6) is 0 Å². The maximum Gasteiger partial charge on any atom is 0.259 e. The van der Waals surface area contributed by atoms with Crippen molar-refractivity contribution in [1.29, 1.82) is 0 Å². The molecule has 0 amide bonds. The molecule has 3 aromatic heterocycles. The molecule has 0 saturated heterocycles. The van der Waals surface area contributed by atoms with Gasteiger partial charge < -0.3 is 10.3 Å². The van der Waals surface area contributed by atoms with Crippen LogP contribution in [0.15, 0.2) is 35.4 Å². The number of fused-ring (bicyclic) bond motifs is 1. The lowest BCUT2D eigenvalue weighted by Gasteiger charge is -2.07. The number of hydrogen-bond acceptors (Lipinski definition) is 6. The molecule has 3 rings (SSSR count). The number of thiophene rings is 1. The minimum Gasteiger partial charge on any atom is -0.367 e. The smallest absolute Gasteiger partial charge is 0.259 e. The van der Waals surface area contributed by atoms with Gasteiger partial charge >= 0.3 is 0 Å². The minimum absolute atomic E-state index is 0.0920. The number of H-pyrrole nitrogens is 1. The first-order valence-electron chi connectivity index (χ1n) is 6.90. The van der Waals surface area contributed by atoms with Crippen LogP contribution in [0.3, 0.4) is 0 Å². The molecule has 0 spiro atoms. The maximum atomic E-state index is 12.0. The average molecular weight is 363 g/mol. The predicted molar refractivity (Wildman–Crippen MR) is 99.9 cm³/mol. The molecule has 0 aliphatic carbocycles. The van der Waals surface area contributed by atoms with Crippen molar-refractivity contribution in [3.05, 3.63) is 57.2 Å². The third kappa shape index (κ3) is 4.15. The highest BCUT2D eigenvalue weighted by Crippen LogP contribution is 2.20. The van der Waals surface area contributed by atoms with Crippen LogP contribution in [0.4, 0.5) is 0 Å². The Morgan fingerprint density at radius 1 is 1.43 bits per heavy atom. The molecule has 3 aromatic rings. The van der Waals surface area contributed by atoms with Crippen LogP contribution in [0, 0.1) is 6.92 Å². The summed E-state index contributed by atoms with van der Waals surface area (Å²) >= 11 is 8.28. The second-order valence-electron chi connectivity index (χ2n) is 4.87. The Balaban J connectivity index is 1.59. The van der Waals surface area contributed by atoms with Crippen molar-refractivity contribution in [3.8, 4) is 0 Å². The van der Waals surface area contributed by atoms with Crippen molar-refractivity contribution < 1.29 is 0 Å². The highest BCUT2D eigenvalue weighted by atomic mass is 32.2. The van der Waals surface area contributed by atoms with E-state index in [0.29, 0.717) is 27.8 Å². The molecule has 23 heavy (non-hydrogen) atoms. The number of aromatic amines is 1. The van der Waals surface area contributed by atoms with E-state index >= 15 is 0 Å². The molecule has 0 bridgehead atoms. The van der Waals surface area contributed by atoms with Gasteiger partial charge in [-0.25, -0.2) is 4.98 Å². The zero-order chi connectivity index (χ0) is 16.2. The first kappa shape index (κ1) is 16.1. The summed E-state index contributed by atoms with van der Waals surface area (Å²) in [4.78, 5) is 25.2. The lowest BCUT2D eigenvalue weighted by molar-refractivity contribution is 0.934. The minimum atomic E-state index is -0.0920. The van der Waals surface area contributed by atoms with Gasteiger partial charge in [-0.3, -0.25) is 9.78 Å². The first-order chi connectivity index (χ1) is 11.1. The number of thioether (sulfide) groups is 1. The Kier molecular flexibility index (Phi) is 5.04. The van der Waals surface area contributed by atoms with Gasteiger partial charge in [-0.05, 0) is 30.7 Å². The molecule has 0 atom stereocenters. The zero-order valence-corrected chi connectivity index (χ0v) is 14.8. The molecule has 0 saturated carbocycles. The summed E-state index contributed by atoms with van der Waals surface area (Å²) in [5, 5.41) is 3.83. The zero-order valence-electron chi connectivity index (χ0n) is 12.3. The van der Waals surface area contributed by atoms with Crippen molar-refractivity contribution in [2.24, 2.45) is 0 Å². The van der Waals surface area contributed by atoms with Crippen LogP contribution >= 0.6 is 35.3 Å². The first-order valence-corrected chi connectivity index (χ1v) is 9.12. The largest absolute Gasteiger partial charge is 0.367 e. The van der Waals surface area contributed by atoms with Gasteiger partial charge in [0.05, 0.1) is 11.1 Å². The second-order valence-corrected chi connectivity index (χ2v) is 7.76. The van der Waals surface area contributed by atoms with Gasteiger partial charge in [0.15, 0.2) is 0 Å². The molecule has 8 heteroatoms. The monoisotopic (exact) mass is 362 g/mol. The summed E-state index contributed by atoms with van der Waals surface area (Å²) in [6, 6.07) is 5.74. The number of nitrogens with zero attached hydrogens (tertiary/aromatic N) is 2. The molecule has 2 N–H and O–H groups in total. The molecule has 118 valence electrons. The van der Waals surface area contributed by atoms with E-state index in [-0.39, 0.29) is 5.56 Å². The molecule has 0 unspecified atom stereocenters. The van der Waals surface area contributed by atoms with E-state index in [9.17, 15) is 4.79 Å². The highest BCUT2D eigenvalue weighted by Gasteiger charge is 2.08. The normalized spacial score (nSPS) is 10.8. The Hall–Kier alpha value is -1.77. The number of pyridine rings is 1. The summed E-state index contributed by atoms with van der Waals surface area (Å²) in [6.07, 6.45) is 3.50. The maximum absolute atomic E-state index is 12.0. The molecular weight excluding hydrogens is 348 g/mol. The predicted octanol–water partition coefficient (Wildman–Crippen LogP) is 3.00. The van der Waals surface area contributed by atoms with Crippen molar-refractivity contribution in [2.75, 3.05) is 0 Å². The van der Waals surface area contributed by atoms with Gasteiger partial charge in [-0.15, -0.1) is 11.3 Å². The van der Waals surface area contributed by atoms with E-state index in [0.717, 1.165) is 15.3 Å². The SMILES string of the molecule is Cc1cc2c(=O)[nH]c(CSC(=S)NCc3ccncc3)nc2s1. The third-order valence-corrected chi connectivity index (χ3v) is 5.37. The molecule has 5 nitrogen and oxygen atoms in total. The van der Waals surface area contributed by atoms with E-state index in [1.54, 1.807) is 12.4 Å². The number of aromatic nitrogens is 3. The van der Waals surface area contributed by atoms with Crippen LogP contribution in [-0.4, -0.2) is 19.3 Å². The van der Waals surface area contributed by atoms with E-state index in [1.165, 1.54) is 23.1 Å². The van der Waals surface area contributed by atoms with Gasteiger partial charge in [0.25, 0.3) is 5.56 Å². The average Bonchev–Trinajstić information content (AvgIpc) is 2.93. The lowest BCUT2D eigenvalue weighted by Crippen LogP contribution is -2.18. The quantitative estimate of drug-likeness (QED) is 0.695. The Bertz CT molecular complexity index is 889. The van der Waals surface area contributed by atoms with Gasteiger partial charge in [0, 0.05) is 23.8 Å². The molecule has 0 aliphatic heterocycles. The van der Waals surface area contributed by atoms with Crippen LogP contribution in [0.25, 0.3) is 10.2 Å². The van der Waals surface area contributed by atoms with E-state index in [1.807, 2.05) is 25.1 Å². The summed E-state index contributed by atoms with van der Waals surface area (Å²) in [5.74, 6) is 1.17. The van der Waals surface area contributed by atoms with Gasteiger partial charge in [0.1, 0.15) is 15.0 Å². The van der Waals surface area contributed by atoms with Gasteiger partial charge in [0.2, 0.25) is 0 Å². The van der Waals surface area contributed by atoms with E-state index in [4.69, 9.17) is 12.2 Å². The Morgan fingerprint density at radius 2 is 2.22 bits per heavy atom. The molecular formula is C15H14N4OS3. The number of rotatable bonds is 4. The molecule has 0 aromatic carbocycles. The fourth-order valence-corrected chi connectivity index (χ4v) is 3.75. The molecule has 0 fully saturated rings. The van der Waals surface area contributed by atoms with Crippen LogP contribution in [0.2, 0.25) is 0 Å². The van der Waals surface area contributed by atoms with Crippen molar-refractivity contribution >= 4 is 49.9 Å². The van der Waals surface area contributed by atoms with Crippen LogP contribution < -0.4 is 10.9 Å². The Morgan fingerprint density at radius 3 is 3.00 bits per heavy atom. The van der Waals surface area contributed by atoms with E-state index in [2.05, 4.69) is 20.3 Å². The number of thiocarbonyl (C=S) groups is 1. The van der Waals surface area contributed by atoms with Crippen molar-refractivity contribution in [1.82, 2.24) is 20.3 Å². The van der Waals surface area contributed by atoms with Crippen molar-refractivity contribution in [3.63, 3.8) is 0 Å². The summed E-state index contributed by atoms with van der Waals surface area (Å²) in [7, 11) is 0. The highest BCUT2D eigenvalue weighted by molar-refractivity contribution is 8.22. The summed E-state index contributed by atoms with van der Waals surface area (Å²) < 4.78 is 0.673. The molecule has 3 heterocycles. The number of hydrogen-bond donors (Lipinski definition) is 2. The molecule has 0 radical (unpaired) electrons. The summed E-state index contributed by atoms with van der Waals surface area (Å²) in [5.41, 5.74) is 1.02. The number of nitrogens with one attached hydrogen (secondary N) is 2. The van der Waals surface area contributed by atoms with Crippen LogP contribution in [-0.2, 0) is 12.3 Å². The van der Waals surface area contributed by atoms with Crippen LogP contribution in [0.1, 0.15) is 16.3 Å².